The van der Waals surface area contributed by atoms with Crippen molar-refractivity contribution in [1.29, 1.82) is 0 Å². The van der Waals surface area contributed by atoms with Crippen LogP contribution >= 0.6 is 0 Å². The number of anilines is 1. The summed E-state index contributed by atoms with van der Waals surface area (Å²) in [6.07, 6.45) is 5.65. The average molecular weight is 556 g/mol. The van der Waals surface area contributed by atoms with Crippen LogP contribution in [-0.2, 0) is 31.2 Å². The topological polar surface area (TPSA) is 108 Å². The highest BCUT2D eigenvalue weighted by atomic mass is 19.1. The molecule has 4 heterocycles. The van der Waals surface area contributed by atoms with Crippen molar-refractivity contribution in [2.75, 3.05) is 18.4 Å². The van der Waals surface area contributed by atoms with Crippen molar-refractivity contribution in [3.63, 3.8) is 0 Å². The van der Waals surface area contributed by atoms with Crippen LogP contribution < -0.4 is 10.6 Å². The van der Waals surface area contributed by atoms with E-state index in [9.17, 15) is 9.59 Å². The summed E-state index contributed by atoms with van der Waals surface area (Å²) in [5, 5.41) is 14.4. The van der Waals surface area contributed by atoms with Crippen LogP contribution in [0.4, 0.5) is 10.2 Å². The molecular weight excluding hydrogens is 521 g/mol. The molecule has 0 saturated carbocycles. The fourth-order valence-corrected chi connectivity index (χ4v) is 6.16. The number of nitrogens with one attached hydrogen (secondary N) is 3. The number of benzene rings is 1. The van der Waals surface area contributed by atoms with E-state index in [1.165, 1.54) is 23.4 Å². The van der Waals surface area contributed by atoms with Gasteiger partial charge in [-0.2, -0.15) is 5.10 Å². The highest BCUT2D eigenvalue weighted by Gasteiger charge is 2.33. The number of halogens is 1. The van der Waals surface area contributed by atoms with Gasteiger partial charge in [0.15, 0.2) is 11.5 Å². The zero-order chi connectivity index (χ0) is 28.9. The summed E-state index contributed by atoms with van der Waals surface area (Å²) in [4.78, 5) is 31.1. The molecule has 1 aliphatic heterocycles. The lowest BCUT2D eigenvalue weighted by molar-refractivity contribution is -0.125. The zero-order valence-electron chi connectivity index (χ0n) is 23.6. The number of nitrogens with zero attached hydrogens (tertiary/aromatic N) is 4. The van der Waals surface area contributed by atoms with Crippen molar-refractivity contribution in [3.8, 4) is 11.1 Å². The molecule has 2 aliphatic rings. The van der Waals surface area contributed by atoms with Crippen molar-refractivity contribution in [3.05, 3.63) is 77.5 Å². The van der Waals surface area contributed by atoms with E-state index in [4.69, 9.17) is 0 Å². The molecule has 2 amide bonds. The largest absolute Gasteiger partial charge is 0.363 e. The van der Waals surface area contributed by atoms with Crippen LogP contribution in [0.5, 0.6) is 0 Å². The van der Waals surface area contributed by atoms with Gasteiger partial charge in [-0.1, -0.05) is 32.6 Å². The van der Waals surface area contributed by atoms with Gasteiger partial charge in [0.05, 0.1) is 5.39 Å². The minimum Gasteiger partial charge on any atom is -0.363 e. The highest BCUT2D eigenvalue weighted by Crippen LogP contribution is 2.37. The third-order valence-corrected chi connectivity index (χ3v) is 8.28. The molecule has 4 aromatic rings. The van der Waals surface area contributed by atoms with Gasteiger partial charge in [0.2, 0.25) is 5.91 Å². The van der Waals surface area contributed by atoms with Gasteiger partial charge in [0.25, 0.3) is 5.91 Å². The Morgan fingerprint density at radius 3 is 2.83 bits per heavy atom. The predicted octanol–water partition coefficient (Wildman–Crippen LogP) is 4.36. The van der Waals surface area contributed by atoms with Crippen LogP contribution in [-0.4, -0.2) is 55.6 Å². The summed E-state index contributed by atoms with van der Waals surface area (Å²) in [6.45, 7) is 9.31. The Labute approximate surface area is 237 Å². The highest BCUT2D eigenvalue weighted by molar-refractivity contribution is 6.00. The minimum absolute atomic E-state index is 0.0260. The molecule has 212 valence electrons. The van der Waals surface area contributed by atoms with E-state index in [0.717, 1.165) is 30.2 Å². The first-order chi connectivity index (χ1) is 19.6. The van der Waals surface area contributed by atoms with Crippen LogP contribution in [0.2, 0.25) is 0 Å². The monoisotopic (exact) mass is 555 g/mol. The van der Waals surface area contributed by atoms with Gasteiger partial charge in [-0.15, -0.1) is 0 Å². The van der Waals surface area contributed by atoms with Gasteiger partial charge < -0.3 is 20.1 Å². The SMILES string of the molecule is C=CC(=O)N1CC[C@@H](Nc2n[nH]c3nccc(-c4ccc(CNC(=O)c5cc6c(n5C)CC(C)(C)C6)c(F)c4)c23)C1. The maximum Gasteiger partial charge on any atom is 0.268 e. The molecular formula is C31H34FN7O2. The van der Waals surface area contributed by atoms with Crippen LogP contribution in [0.25, 0.3) is 22.2 Å². The number of rotatable bonds is 7. The third kappa shape index (κ3) is 4.98. The number of hydrogen-bond acceptors (Lipinski definition) is 5. The Hall–Kier alpha value is -4.47. The lowest BCUT2D eigenvalue weighted by Crippen LogP contribution is -2.30. The van der Waals surface area contributed by atoms with E-state index in [0.29, 0.717) is 41.4 Å². The van der Waals surface area contributed by atoms with Gasteiger partial charge >= 0.3 is 0 Å². The summed E-state index contributed by atoms with van der Waals surface area (Å²) >= 11 is 0. The van der Waals surface area contributed by atoms with E-state index in [-0.39, 0.29) is 29.8 Å². The molecule has 6 rings (SSSR count). The number of aromatic amines is 1. The van der Waals surface area contributed by atoms with Crippen molar-refractivity contribution >= 4 is 28.7 Å². The number of carbonyl (C=O) groups is 2. The molecule has 3 aromatic heterocycles. The first-order valence-corrected chi connectivity index (χ1v) is 13.9. The normalized spacial score (nSPS) is 17.6. The van der Waals surface area contributed by atoms with Crippen molar-refractivity contribution in [2.24, 2.45) is 12.5 Å². The van der Waals surface area contributed by atoms with Crippen LogP contribution in [0, 0.1) is 11.2 Å². The van der Waals surface area contributed by atoms with E-state index < -0.39 is 5.82 Å². The average Bonchev–Trinajstić information content (AvgIpc) is 3.72. The summed E-state index contributed by atoms with van der Waals surface area (Å²) < 4.78 is 17.3. The molecule has 0 radical (unpaired) electrons. The molecule has 1 aromatic carbocycles. The van der Waals surface area contributed by atoms with Crippen molar-refractivity contribution in [2.45, 2.75) is 45.7 Å². The molecule has 10 heteroatoms. The van der Waals surface area contributed by atoms with Crippen LogP contribution in [0.3, 0.4) is 0 Å². The molecule has 1 saturated heterocycles. The Morgan fingerprint density at radius 2 is 2.07 bits per heavy atom. The number of amides is 2. The second-order valence-corrected chi connectivity index (χ2v) is 11.8. The number of H-pyrrole nitrogens is 1. The molecule has 9 nitrogen and oxygen atoms in total. The second kappa shape index (κ2) is 10.2. The number of hydrogen-bond donors (Lipinski definition) is 3. The van der Waals surface area contributed by atoms with E-state index in [1.54, 1.807) is 17.2 Å². The summed E-state index contributed by atoms with van der Waals surface area (Å²) in [6, 6.07) is 8.84. The van der Waals surface area contributed by atoms with Crippen molar-refractivity contribution < 1.29 is 14.0 Å². The molecule has 1 aliphatic carbocycles. The standard InChI is InChI=1S/C31H34FN7O2/c1-5-26(40)39-11-9-21(17-39)35-29-27-22(8-10-33-28(27)36-37-29)18-6-7-19(23(32)12-18)16-34-30(41)24-13-20-14-31(2,3)15-25(20)38(24)4/h5-8,10,12-13,21H,1,9,11,14-17H2,2-4H3,(H,34,41)(H2,33,35,36,37)/t21-/m1/s1. The first kappa shape index (κ1) is 26.7. The number of fused-ring (bicyclic) bond motifs is 2. The summed E-state index contributed by atoms with van der Waals surface area (Å²) in [7, 11) is 1.92. The Morgan fingerprint density at radius 1 is 1.24 bits per heavy atom. The van der Waals surface area contributed by atoms with Gasteiger partial charge in [0, 0.05) is 50.2 Å². The maximum absolute atomic E-state index is 15.3. The lowest BCUT2D eigenvalue weighted by Gasteiger charge is -2.17. The first-order valence-electron chi connectivity index (χ1n) is 13.9. The van der Waals surface area contributed by atoms with Gasteiger partial charge in [-0.3, -0.25) is 14.7 Å². The lowest BCUT2D eigenvalue weighted by atomic mass is 9.90. The maximum atomic E-state index is 15.3. The quantitative estimate of drug-likeness (QED) is 0.294. The molecule has 1 fully saturated rings. The van der Waals surface area contributed by atoms with Gasteiger partial charge in [0.1, 0.15) is 11.5 Å². The second-order valence-electron chi connectivity index (χ2n) is 11.8. The smallest absolute Gasteiger partial charge is 0.268 e. The van der Waals surface area contributed by atoms with Crippen LogP contribution in [0.1, 0.15) is 47.6 Å². The molecule has 0 unspecified atom stereocenters. The van der Waals surface area contributed by atoms with Gasteiger partial charge in [-0.25, -0.2) is 9.37 Å². The Balaban J connectivity index is 1.18. The molecule has 41 heavy (non-hydrogen) atoms. The third-order valence-electron chi connectivity index (χ3n) is 8.28. The number of aromatic nitrogens is 4. The van der Waals surface area contributed by atoms with E-state index >= 15 is 4.39 Å². The van der Waals surface area contributed by atoms with E-state index in [2.05, 4.69) is 46.2 Å². The molecule has 0 bridgehead atoms. The predicted molar refractivity (Wildman–Crippen MR) is 156 cm³/mol. The Kier molecular flexibility index (Phi) is 6.63. The fraction of sp³-hybridized carbons (Fsp3) is 0.355. The van der Waals surface area contributed by atoms with Gasteiger partial charge in [-0.05, 0) is 65.6 Å². The molecule has 3 N–H and O–H groups in total. The molecule has 1 atom stereocenters. The zero-order valence-corrected chi connectivity index (χ0v) is 23.6. The van der Waals surface area contributed by atoms with Crippen molar-refractivity contribution in [1.82, 2.24) is 30.0 Å². The summed E-state index contributed by atoms with van der Waals surface area (Å²) in [5.74, 6) is -0.105. The summed E-state index contributed by atoms with van der Waals surface area (Å²) in [5.41, 5.74) is 5.65. The van der Waals surface area contributed by atoms with Crippen LogP contribution in [0.15, 0.2) is 49.2 Å². The molecule has 0 spiro atoms. The van der Waals surface area contributed by atoms with E-state index in [1.807, 2.05) is 29.8 Å². The fourth-order valence-electron chi connectivity index (χ4n) is 6.16. The number of carbonyl (C=O) groups excluding carboxylic acids is 2. The number of likely N-dealkylation sites (tertiary alicyclic amines) is 1. The Bertz CT molecular complexity index is 1690. The minimum atomic E-state index is -0.406. The number of pyridine rings is 1.